The number of nitrogens with zero attached hydrogens (tertiary/aromatic N) is 4. The first kappa shape index (κ1) is 23.8. The number of thioether (sulfide) groups is 1. The summed E-state index contributed by atoms with van der Waals surface area (Å²) >= 11 is 7.43. The van der Waals surface area contributed by atoms with Crippen LogP contribution in [0.3, 0.4) is 0 Å². The van der Waals surface area contributed by atoms with E-state index in [1.807, 2.05) is 57.2 Å². The molecule has 4 aromatic rings. The van der Waals surface area contributed by atoms with Crippen molar-refractivity contribution in [2.75, 3.05) is 11.9 Å². The van der Waals surface area contributed by atoms with Crippen LogP contribution < -0.4 is 15.6 Å². The van der Waals surface area contributed by atoms with Crippen LogP contribution >= 0.6 is 23.4 Å². The molecule has 0 aliphatic rings. The third-order valence-corrected chi connectivity index (χ3v) is 6.94. The second-order valence-electron chi connectivity index (χ2n) is 7.54. The number of hydrogen-bond acceptors (Lipinski definition) is 6. The van der Waals surface area contributed by atoms with E-state index >= 15 is 0 Å². The van der Waals surface area contributed by atoms with Crippen molar-refractivity contribution in [2.45, 2.75) is 37.6 Å². The average molecular weight is 498 g/mol. The molecule has 10 heteroatoms. The molecule has 1 atom stereocenters. The summed E-state index contributed by atoms with van der Waals surface area (Å²) < 4.78 is 8.57. The van der Waals surface area contributed by atoms with Crippen LogP contribution in [-0.2, 0) is 4.79 Å². The summed E-state index contributed by atoms with van der Waals surface area (Å²) in [6, 6.07) is 12.6. The number of benzene rings is 2. The van der Waals surface area contributed by atoms with Crippen molar-refractivity contribution in [3.05, 3.63) is 75.8 Å². The first-order valence-corrected chi connectivity index (χ1v) is 12.1. The van der Waals surface area contributed by atoms with Crippen molar-refractivity contribution in [2.24, 2.45) is 0 Å². The van der Waals surface area contributed by atoms with Crippen LogP contribution in [0.2, 0.25) is 5.02 Å². The van der Waals surface area contributed by atoms with Crippen LogP contribution in [0.25, 0.3) is 11.3 Å². The molecular weight excluding hydrogens is 474 g/mol. The molecule has 0 unspecified atom stereocenters. The predicted molar refractivity (Wildman–Crippen MR) is 135 cm³/mol. The van der Waals surface area contributed by atoms with Crippen molar-refractivity contribution >= 4 is 40.6 Å². The third-order valence-electron chi connectivity index (χ3n) is 5.22. The van der Waals surface area contributed by atoms with Crippen molar-refractivity contribution in [1.82, 2.24) is 19.2 Å². The zero-order valence-electron chi connectivity index (χ0n) is 19.0. The summed E-state index contributed by atoms with van der Waals surface area (Å²) in [7, 11) is 0. The number of anilines is 1. The predicted octanol–water partition coefficient (Wildman–Crippen LogP) is 4.75. The first-order chi connectivity index (χ1) is 16.4. The Morgan fingerprint density at radius 1 is 1.15 bits per heavy atom. The number of nitrogens with one attached hydrogen (secondary N) is 1. The minimum absolute atomic E-state index is 0.174. The Balaban J connectivity index is 1.55. The maximum absolute atomic E-state index is 13.0. The van der Waals surface area contributed by atoms with Crippen molar-refractivity contribution < 1.29 is 9.53 Å². The molecule has 1 N–H and O–H groups in total. The van der Waals surface area contributed by atoms with Crippen LogP contribution in [-0.4, -0.2) is 36.9 Å². The van der Waals surface area contributed by atoms with Gasteiger partial charge >= 0.3 is 5.56 Å². The number of aryl methyl sites for hydroxylation is 1. The number of rotatable bonds is 8. The second kappa shape index (κ2) is 10.3. The zero-order chi connectivity index (χ0) is 24.2. The summed E-state index contributed by atoms with van der Waals surface area (Å²) in [5.74, 6) is 0.560. The fourth-order valence-electron chi connectivity index (χ4n) is 3.36. The summed E-state index contributed by atoms with van der Waals surface area (Å²) in [5, 5.41) is 11.8. The number of aromatic nitrogens is 4. The summed E-state index contributed by atoms with van der Waals surface area (Å²) in [6.07, 6.45) is 3.95. The molecule has 0 aliphatic heterocycles. The molecule has 0 radical (unpaired) electrons. The first-order valence-electron chi connectivity index (χ1n) is 10.8. The van der Waals surface area contributed by atoms with E-state index in [1.54, 1.807) is 22.9 Å². The fraction of sp³-hybridized carbons (Fsp3) is 0.250. The molecule has 0 aliphatic carbocycles. The number of hydrogen-bond donors (Lipinski definition) is 1. The van der Waals surface area contributed by atoms with Gasteiger partial charge in [0.1, 0.15) is 5.75 Å². The molecular formula is C24H24ClN5O3S. The van der Waals surface area contributed by atoms with Crippen molar-refractivity contribution in [1.29, 1.82) is 0 Å². The van der Waals surface area contributed by atoms with Gasteiger partial charge in [0.15, 0.2) is 5.16 Å². The largest absolute Gasteiger partial charge is 0.494 e. The Bertz CT molecular complexity index is 1380. The Labute approximate surface area is 205 Å². The number of ether oxygens (including phenoxy) is 1. The van der Waals surface area contributed by atoms with Gasteiger partial charge in [-0.3, -0.25) is 18.6 Å². The minimum Gasteiger partial charge on any atom is -0.494 e. The molecule has 34 heavy (non-hydrogen) atoms. The number of carbonyl (C=O) groups excluding carboxylic acids is 1. The molecule has 2 aromatic carbocycles. The third kappa shape index (κ3) is 4.95. The van der Waals surface area contributed by atoms with Crippen LogP contribution in [0.15, 0.2) is 64.8 Å². The average Bonchev–Trinajstić information content (AvgIpc) is 3.24. The number of amides is 1. The SMILES string of the molecule is CCOc1ccc(-n2ccn3c(S[C@@H](CC)C(=O)Nc4ccc(C)c(Cl)c4)nnc3c2=O)cc1. The van der Waals surface area contributed by atoms with Crippen LogP contribution in [0.5, 0.6) is 5.75 Å². The van der Waals surface area contributed by atoms with Crippen molar-refractivity contribution in [3.8, 4) is 11.4 Å². The van der Waals surface area contributed by atoms with E-state index in [9.17, 15) is 9.59 Å². The monoisotopic (exact) mass is 497 g/mol. The maximum Gasteiger partial charge on any atom is 0.300 e. The van der Waals surface area contributed by atoms with Crippen LogP contribution in [0, 0.1) is 6.92 Å². The van der Waals surface area contributed by atoms with E-state index in [-0.39, 0.29) is 17.1 Å². The second-order valence-corrected chi connectivity index (χ2v) is 9.12. The molecule has 0 saturated heterocycles. The molecule has 8 nitrogen and oxygen atoms in total. The quantitative estimate of drug-likeness (QED) is 0.353. The molecule has 0 fully saturated rings. The lowest BCUT2D eigenvalue weighted by Gasteiger charge is -2.14. The highest BCUT2D eigenvalue weighted by molar-refractivity contribution is 8.00. The maximum atomic E-state index is 13.0. The normalized spacial score (nSPS) is 12.0. The molecule has 2 aromatic heterocycles. The highest BCUT2D eigenvalue weighted by Gasteiger charge is 2.22. The van der Waals surface area contributed by atoms with Gasteiger partial charge in [0.05, 0.1) is 11.9 Å². The highest BCUT2D eigenvalue weighted by Crippen LogP contribution is 2.26. The Kier molecular flexibility index (Phi) is 7.23. The van der Waals surface area contributed by atoms with E-state index in [1.165, 1.54) is 16.3 Å². The molecule has 4 rings (SSSR count). The summed E-state index contributed by atoms with van der Waals surface area (Å²) in [4.78, 5) is 25.9. The van der Waals surface area contributed by atoms with E-state index in [2.05, 4.69) is 15.5 Å². The molecule has 0 bridgehead atoms. The number of halogens is 1. The van der Waals surface area contributed by atoms with E-state index in [0.717, 1.165) is 11.3 Å². The van der Waals surface area contributed by atoms with Gasteiger partial charge in [0.2, 0.25) is 11.6 Å². The Morgan fingerprint density at radius 2 is 1.91 bits per heavy atom. The lowest BCUT2D eigenvalue weighted by molar-refractivity contribution is -0.115. The zero-order valence-corrected chi connectivity index (χ0v) is 20.6. The smallest absolute Gasteiger partial charge is 0.300 e. The van der Waals surface area contributed by atoms with Gasteiger partial charge in [0.25, 0.3) is 0 Å². The van der Waals surface area contributed by atoms with Gasteiger partial charge < -0.3 is 10.1 Å². The highest BCUT2D eigenvalue weighted by atomic mass is 35.5. The lowest BCUT2D eigenvalue weighted by Crippen LogP contribution is -2.25. The Hall–Kier alpha value is -3.30. The minimum atomic E-state index is -0.430. The Morgan fingerprint density at radius 3 is 2.59 bits per heavy atom. The summed E-state index contributed by atoms with van der Waals surface area (Å²) in [5.41, 5.74) is 2.13. The van der Waals surface area contributed by atoms with Gasteiger partial charge in [-0.05, 0) is 62.2 Å². The van der Waals surface area contributed by atoms with Gasteiger partial charge in [-0.15, -0.1) is 10.2 Å². The summed E-state index contributed by atoms with van der Waals surface area (Å²) in [6.45, 7) is 6.31. The van der Waals surface area contributed by atoms with Crippen molar-refractivity contribution in [3.63, 3.8) is 0 Å². The number of carbonyl (C=O) groups is 1. The standard InChI is InChI=1S/C24H24ClN5O3S/c1-4-20(22(31)26-16-7-6-15(3)19(25)14-16)34-24-28-27-21-23(32)29(12-13-30(21)24)17-8-10-18(11-9-17)33-5-2/h6-14,20H,4-5H2,1-3H3,(H,26,31)/t20-/m0/s1. The van der Waals surface area contributed by atoms with E-state index < -0.39 is 5.25 Å². The van der Waals surface area contributed by atoms with Gasteiger partial charge in [-0.1, -0.05) is 36.4 Å². The molecule has 176 valence electrons. The van der Waals surface area contributed by atoms with Crippen LogP contribution in [0.1, 0.15) is 25.8 Å². The fourth-order valence-corrected chi connectivity index (χ4v) is 4.48. The molecule has 0 saturated carbocycles. The molecule has 1 amide bonds. The van der Waals surface area contributed by atoms with E-state index in [4.69, 9.17) is 16.3 Å². The van der Waals surface area contributed by atoms with E-state index in [0.29, 0.717) is 34.6 Å². The lowest BCUT2D eigenvalue weighted by atomic mass is 10.2. The van der Waals surface area contributed by atoms with Crippen LogP contribution in [0.4, 0.5) is 5.69 Å². The van der Waals surface area contributed by atoms with Gasteiger partial charge in [-0.25, -0.2) is 0 Å². The molecule has 0 spiro atoms. The topological polar surface area (TPSA) is 90.5 Å². The number of fused-ring (bicyclic) bond motifs is 1. The van der Waals surface area contributed by atoms with Gasteiger partial charge in [-0.2, -0.15) is 0 Å². The molecule has 2 heterocycles. The van der Waals surface area contributed by atoms with Gasteiger partial charge in [0, 0.05) is 28.8 Å².